The van der Waals surface area contributed by atoms with Crippen molar-refractivity contribution in [3.8, 4) is 0 Å². The van der Waals surface area contributed by atoms with Crippen molar-refractivity contribution >= 4 is 5.69 Å². The molecule has 0 saturated carbocycles. The first kappa shape index (κ1) is 16.3. The van der Waals surface area contributed by atoms with E-state index in [1.165, 1.54) is 18.5 Å². The predicted octanol–water partition coefficient (Wildman–Crippen LogP) is 3.46. The molecule has 0 aromatic carbocycles. The molecular formula is C17H32N4. The third-order valence-electron chi connectivity index (χ3n) is 5.13. The lowest BCUT2D eigenvalue weighted by Crippen LogP contribution is -2.65. The molecule has 1 saturated heterocycles. The van der Waals surface area contributed by atoms with Crippen LogP contribution in [-0.4, -0.2) is 34.5 Å². The topological polar surface area (TPSA) is 33.1 Å². The molecule has 1 aromatic rings. The summed E-state index contributed by atoms with van der Waals surface area (Å²) in [6, 6.07) is 0.960. The van der Waals surface area contributed by atoms with Crippen molar-refractivity contribution in [2.45, 2.75) is 72.0 Å². The van der Waals surface area contributed by atoms with E-state index in [1.54, 1.807) is 0 Å². The zero-order valence-electron chi connectivity index (χ0n) is 14.6. The molecule has 0 bridgehead atoms. The van der Waals surface area contributed by atoms with Gasteiger partial charge in [-0.3, -0.25) is 4.68 Å². The van der Waals surface area contributed by atoms with Gasteiger partial charge in [-0.05, 0) is 32.6 Å². The number of piperazine rings is 1. The van der Waals surface area contributed by atoms with Crippen LogP contribution in [0.4, 0.5) is 5.69 Å². The molecule has 1 aliphatic heterocycles. The summed E-state index contributed by atoms with van der Waals surface area (Å²) in [6.07, 6.45) is 6.59. The number of hydrogen-bond donors (Lipinski definition) is 1. The molecule has 0 spiro atoms. The summed E-state index contributed by atoms with van der Waals surface area (Å²) in [5.74, 6) is 0.631. The van der Waals surface area contributed by atoms with Crippen LogP contribution < -0.4 is 10.2 Å². The van der Waals surface area contributed by atoms with E-state index in [0.717, 1.165) is 13.1 Å². The number of nitrogens with zero attached hydrogens (tertiary/aromatic N) is 3. The number of hydrogen-bond acceptors (Lipinski definition) is 3. The Balaban J connectivity index is 2.28. The molecule has 1 fully saturated rings. The van der Waals surface area contributed by atoms with Crippen molar-refractivity contribution in [1.29, 1.82) is 0 Å². The summed E-state index contributed by atoms with van der Waals surface area (Å²) < 4.78 is 2.06. The van der Waals surface area contributed by atoms with Crippen LogP contribution >= 0.6 is 0 Å². The van der Waals surface area contributed by atoms with Crippen LogP contribution in [0, 0.1) is 5.92 Å². The lowest BCUT2D eigenvalue weighted by atomic mass is 9.86. The van der Waals surface area contributed by atoms with Crippen molar-refractivity contribution < 1.29 is 0 Å². The van der Waals surface area contributed by atoms with Gasteiger partial charge in [0.05, 0.1) is 11.9 Å². The van der Waals surface area contributed by atoms with E-state index >= 15 is 0 Å². The maximum absolute atomic E-state index is 4.54. The Morgan fingerprint density at radius 3 is 2.43 bits per heavy atom. The number of anilines is 1. The Kier molecular flexibility index (Phi) is 4.97. The van der Waals surface area contributed by atoms with Crippen LogP contribution in [0.1, 0.15) is 60.4 Å². The van der Waals surface area contributed by atoms with Gasteiger partial charge in [-0.25, -0.2) is 0 Å². The first-order valence-corrected chi connectivity index (χ1v) is 8.48. The van der Waals surface area contributed by atoms with E-state index in [9.17, 15) is 0 Å². The van der Waals surface area contributed by atoms with Gasteiger partial charge in [-0.15, -0.1) is 0 Å². The maximum Gasteiger partial charge on any atom is 0.0756 e. The molecule has 21 heavy (non-hydrogen) atoms. The SMILES string of the molecule is CCC1(CC)CN(c2cnn(C(C)C)c2)C(C(C)C)CN1. The normalized spacial score (nSPS) is 22.3. The largest absolute Gasteiger partial charge is 0.363 e. The van der Waals surface area contributed by atoms with E-state index in [4.69, 9.17) is 0 Å². The molecule has 0 amide bonds. The van der Waals surface area contributed by atoms with Crippen molar-refractivity contribution in [2.24, 2.45) is 5.92 Å². The van der Waals surface area contributed by atoms with Crippen molar-refractivity contribution in [1.82, 2.24) is 15.1 Å². The Bertz CT molecular complexity index is 445. The Hall–Kier alpha value is -1.03. The Morgan fingerprint density at radius 2 is 1.95 bits per heavy atom. The first-order valence-electron chi connectivity index (χ1n) is 8.48. The minimum atomic E-state index is 0.241. The molecular weight excluding hydrogens is 260 g/mol. The van der Waals surface area contributed by atoms with Gasteiger partial charge in [0, 0.05) is 36.9 Å². The summed E-state index contributed by atoms with van der Waals surface area (Å²) in [5.41, 5.74) is 1.51. The zero-order valence-corrected chi connectivity index (χ0v) is 14.6. The molecule has 2 heterocycles. The standard InChI is InChI=1S/C17H32N4/c1-7-17(8-2)12-20(16(10-18-17)13(3)4)15-9-19-21(11-15)14(5)6/h9,11,13-14,16,18H,7-8,10,12H2,1-6H3. The number of nitrogens with one attached hydrogen (secondary N) is 1. The number of rotatable bonds is 5. The molecule has 1 aliphatic rings. The van der Waals surface area contributed by atoms with Gasteiger partial charge in [0.1, 0.15) is 0 Å². The van der Waals surface area contributed by atoms with Crippen LogP contribution in [0.25, 0.3) is 0 Å². The highest BCUT2D eigenvalue weighted by molar-refractivity contribution is 5.46. The average molecular weight is 292 g/mol. The van der Waals surface area contributed by atoms with Crippen LogP contribution in [0.2, 0.25) is 0 Å². The summed E-state index contributed by atoms with van der Waals surface area (Å²) in [7, 11) is 0. The molecule has 4 heteroatoms. The summed E-state index contributed by atoms with van der Waals surface area (Å²) in [6.45, 7) is 15.7. The first-order chi connectivity index (χ1) is 9.92. The zero-order chi connectivity index (χ0) is 15.6. The molecule has 1 aromatic heterocycles. The van der Waals surface area contributed by atoms with Crippen molar-refractivity contribution in [3.05, 3.63) is 12.4 Å². The second-order valence-electron chi connectivity index (χ2n) is 7.08. The monoisotopic (exact) mass is 292 g/mol. The van der Waals surface area contributed by atoms with Gasteiger partial charge in [0.15, 0.2) is 0 Å². The van der Waals surface area contributed by atoms with Crippen LogP contribution in [0.5, 0.6) is 0 Å². The van der Waals surface area contributed by atoms with Gasteiger partial charge in [-0.1, -0.05) is 27.7 Å². The molecule has 120 valence electrons. The van der Waals surface area contributed by atoms with Gasteiger partial charge >= 0.3 is 0 Å². The van der Waals surface area contributed by atoms with Gasteiger partial charge in [0.2, 0.25) is 0 Å². The van der Waals surface area contributed by atoms with Crippen molar-refractivity contribution in [3.63, 3.8) is 0 Å². The number of aromatic nitrogens is 2. The molecule has 0 radical (unpaired) electrons. The highest BCUT2D eigenvalue weighted by atomic mass is 15.3. The van der Waals surface area contributed by atoms with E-state index in [0.29, 0.717) is 18.0 Å². The molecule has 1 N–H and O–H groups in total. The van der Waals surface area contributed by atoms with Gasteiger partial charge < -0.3 is 10.2 Å². The van der Waals surface area contributed by atoms with Gasteiger partial charge in [-0.2, -0.15) is 5.10 Å². The summed E-state index contributed by atoms with van der Waals surface area (Å²) >= 11 is 0. The summed E-state index contributed by atoms with van der Waals surface area (Å²) in [4.78, 5) is 2.58. The van der Waals surface area contributed by atoms with E-state index in [2.05, 4.69) is 67.7 Å². The average Bonchev–Trinajstić information content (AvgIpc) is 2.96. The van der Waals surface area contributed by atoms with E-state index in [-0.39, 0.29) is 5.54 Å². The third-order valence-corrected chi connectivity index (χ3v) is 5.13. The van der Waals surface area contributed by atoms with Crippen LogP contribution in [-0.2, 0) is 0 Å². The highest BCUT2D eigenvalue weighted by Crippen LogP contribution is 2.30. The lowest BCUT2D eigenvalue weighted by Gasteiger charge is -2.49. The Morgan fingerprint density at radius 1 is 1.29 bits per heavy atom. The van der Waals surface area contributed by atoms with Crippen LogP contribution in [0.15, 0.2) is 12.4 Å². The maximum atomic E-state index is 4.54. The van der Waals surface area contributed by atoms with Crippen LogP contribution in [0.3, 0.4) is 0 Å². The minimum Gasteiger partial charge on any atom is -0.363 e. The Labute approximate surface area is 129 Å². The smallest absolute Gasteiger partial charge is 0.0756 e. The molecule has 2 rings (SSSR count). The van der Waals surface area contributed by atoms with Crippen molar-refractivity contribution in [2.75, 3.05) is 18.0 Å². The second kappa shape index (κ2) is 6.39. The highest BCUT2D eigenvalue weighted by Gasteiger charge is 2.38. The molecule has 1 atom stereocenters. The predicted molar refractivity (Wildman–Crippen MR) is 89.9 cm³/mol. The molecule has 1 unspecified atom stereocenters. The van der Waals surface area contributed by atoms with Gasteiger partial charge in [0.25, 0.3) is 0 Å². The molecule has 4 nitrogen and oxygen atoms in total. The second-order valence-corrected chi connectivity index (χ2v) is 7.08. The fourth-order valence-electron chi connectivity index (χ4n) is 3.29. The lowest BCUT2D eigenvalue weighted by molar-refractivity contribution is 0.227. The fourth-order valence-corrected chi connectivity index (χ4v) is 3.29. The van der Waals surface area contributed by atoms with E-state index < -0.39 is 0 Å². The minimum absolute atomic E-state index is 0.241. The third kappa shape index (κ3) is 3.25. The van der Waals surface area contributed by atoms with E-state index in [1.807, 2.05) is 6.20 Å². The summed E-state index contributed by atoms with van der Waals surface area (Å²) in [5, 5.41) is 8.36. The quantitative estimate of drug-likeness (QED) is 0.902. The fraction of sp³-hybridized carbons (Fsp3) is 0.824. The molecule has 0 aliphatic carbocycles.